The predicted molar refractivity (Wildman–Crippen MR) is 74.2 cm³/mol. The summed E-state index contributed by atoms with van der Waals surface area (Å²) in [6.07, 6.45) is 4.89. The van der Waals surface area contributed by atoms with E-state index in [1.54, 1.807) is 12.1 Å². The van der Waals surface area contributed by atoms with Crippen LogP contribution in [0.3, 0.4) is 0 Å². The lowest BCUT2D eigenvalue weighted by atomic mass is 10.0. The van der Waals surface area contributed by atoms with Crippen molar-refractivity contribution in [3.63, 3.8) is 0 Å². The maximum Gasteiger partial charge on any atom is 0.241 e. The average Bonchev–Trinajstić information content (AvgIpc) is 3.23. The van der Waals surface area contributed by atoms with Gasteiger partial charge in [0.2, 0.25) is 10.0 Å². The summed E-state index contributed by atoms with van der Waals surface area (Å²) < 4.78 is 27.4. The van der Waals surface area contributed by atoms with E-state index in [0.717, 1.165) is 18.4 Å². The molecule has 1 unspecified atom stereocenters. The lowest BCUT2D eigenvalue weighted by molar-refractivity contribution is 0.569. The van der Waals surface area contributed by atoms with Gasteiger partial charge in [0.05, 0.1) is 4.90 Å². The highest BCUT2D eigenvalue weighted by Gasteiger charge is 2.32. The molecule has 2 aliphatic carbocycles. The quantitative estimate of drug-likeness (QED) is 0.827. The minimum atomic E-state index is -3.38. The zero-order valence-corrected chi connectivity index (χ0v) is 11.7. The van der Waals surface area contributed by atoms with Crippen LogP contribution in [0.4, 0.5) is 0 Å². The Kier molecular flexibility index (Phi) is 3.37. The highest BCUT2D eigenvalue weighted by atomic mass is 32.2. The summed E-state index contributed by atoms with van der Waals surface area (Å²) in [5, 5.41) is 0. The van der Waals surface area contributed by atoms with Crippen molar-refractivity contribution in [1.82, 2.24) is 4.72 Å². The maximum absolute atomic E-state index is 12.3. The molecular weight excluding hydrogens is 260 g/mol. The van der Waals surface area contributed by atoms with Gasteiger partial charge in [0.15, 0.2) is 0 Å². The second-order valence-electron chi connectivity index (χ2n) is 5.71. The van der Waals surface area contributed by atoms with E-state index in [1.165, 1.54) is 12.8 Å². The summed E-state index contributed by atoms with van der Waals surface area (Å²) in [5.74, 6) is 0.576. The molecule has 19 heavy (non-hydrogen) atoms. The third-order valence-electron chi connectivity index (χ3n) is 3.84. The second-order valence-corrected chi connectivity index (χ2v) is 7.39. The van der Waals surface area contributed by atoms with Gasteiger partial charge >= 0.3 is 0 Å². The molecule has 1 aromatic carbocycles. The van der Waals surface area contributed by atoms with Crippen LogP contribution in [0.5, 0.6) is 0 Å². The summed E-state index contributed by atoms with van der Waals surface area (Å²) in [5.41, 5.74) is 6.96. The van der Waals surface area contributed by atoms with Gasteiger partial charge in [-0.1, -0.05) is 18.2 Å². The Bertz CT molecular complexity index is 563. The summed E-state index contributed by atoms with van der Waals surface area (Å²) in [4.78, 5) is 0.401. The van der Waals surface area contributed by atoms with Crippen molar-refractivity contribution in [1.29, 1.82) is 0 Å². The molecule has 4 nitrogen and oxygen atoms in total. The molecule has 2 aliphatic rings. The van der Waals surface area contributed by atoms with Crippen LogP contribution < -0.4 is 10.5 Å². The largest absolute Gasteiger partial charge is 0.327 e. The van der Waals surface area contributed by atoms with E-state index in [9.17, 15) is 8.42 Å². The first-order valence-electron chi connectivity index (χ1n) is 6.92. The molecule has 3 rings (SSSR count). The lowest BCUT2D eigenvalue weighted by Crippen LogP contribution is -2.29. The van der Waals surface area contributed by atoms with E-state index >= 15 is 0 Å². The van der Waals surface area contributed by atoms with Gasteiger partial charge in [-0.05, 0) is 49.7 Å². The van der Waals surface area contributed by atoms with Crippen LogP contribution in [0.15, 0.2) is 29.2 Å². The average molecular weight is 280 g/mol. The molecular formula is C14H20N2O2S. The number of nitrogens with two attached hydrogens (primary N) is 1. The van der Waals surface area contributed by atoms with Gasteiger partial charge in [0.25, 0.3) is 0 Å². The number of benzene rings is 1. The van der Waals surface area contributed by atoms with Crippen LogP contribution in [0, 0.1) is 5.92 Å². The SMILES string of the molecule is NC(Cc1ccccc1S(=O)(=O)NC1CC1)C1CC1. The van der Waals surface area contributed by atoms with Crippen molar-refractivity contribution >= 4 is 10.0 Å². The topological polar surface area (TPSA) is 72.2 Å². The van der Waals surface area contributed by atoms with Crippen LogP contribution in [0.1, 0.15) is 31.2 Å². The molecule has 2 saturated carbocycles. The molecule has 0 radical (unpaired) electrons. The number of sulfonamides is 1. The lowest BCUT2D eigenvalue weighted by Gasteiger charge is -2.14. The molecule has 0 aliphatic heterocycles. The third kappa shape index (κ3) is 3.16. The second kappa shape index (κ2) is 4.89. The molecule has 104 valence electrons. The molecule has 1 atom stereocenters. The molecule has 0 spiro atoms. The normalized spacial score (nSPS) is 21.3. The van der Waals surface area contributed by atoms with Gasteiger partial charge in [-0.25, -0.2) is 13.1 Å². The number of hydrogen-bond donors (Lipinski definition) is 2. The molecule has 2 fully saturated rings. The maximum atomic E-state index is 12.3. The fourth-order valence-electron chi connectivity index (χ4n) is 2.36. The monoisotopic (exact) mass is 280 g/mol. The minimum Gasteiger partial charge on any atom is -0.327 e. The van der Waals surface area contributed by atoms with Gasteiger partial charge in [0, 0.05) is 12.1 Å². The van der Waals surface area contributed by atoms with Gasteiger partial charge < -0.3 is 5.73 Å². The van der Waals surface area contributed by atoms with Crippen LogP contribution in [-0.4, -0.2) is 20.5 Å². The van der Waals surface area contributed by atoms with E-state index in [1.807, 2.05) is 12.1 Å². The fourth-order valence-corrected chi connectivity index (χ4v) is 3.92. The molecule has 1 aromatic rings. The zero-order valence-electron chi connectivity index (χ0n) is 10.9. The molecule has 0 saturated heterocycles. The van der Waals surface area contributed by atoms with Crippen LogP contribution in [0.25, 0.3) is 0 Å². The Balaban J connectivity index is 1.83. The van der Waals surface area contributed by atoms with E-state index in [4.69, 9.17) is 5.73 Å². The van der Waals surface area contributed by atoms with Crippen LogP contribution in [0.2, 0.25) is 0 Å². The Morgan fingerprint density at radius 2 is 1.89 bits per heavy atom. The summed E-state index contributed by atoms with van der Waals surface area (Å²) in [6, 6.07) is 7.43. The number of hydrogen-bond acceptors (Lipinski definition) is 3. The summed E-state index contributed by atoms with van der Waals surface area (Å²) in [7, 11) is -3.38. The van der Waals surface area contributed by atoms with Crippen LogP contribution >= 0.6 is 0 Å². The molecule has 0 heterocycles. The van der Waals surface area contributed by atoms with Crippen molar-refractivity contribution in [2.45, 2.75) is 49.1 Å². The van der Waals surface area contributed by atoms with E-state index in [0.29, 0.717) is 17.2 Å². The van der Waals surface area contributed by atoms with Crippen molar-refractivity contribution in [3.8, 4) is 0 Å². The van der Waals surface area contributed by atoms with Gasteiger partial charge in [-0.2, -0.15) is 0 Å². The Hall–Kier alpha value is -0.910. The van der Waals surface area contributed by atoms with Crippen LogP contribution in [-0.2, 0) is 16.4 Å². The summed E-state index contributed by atoms with van der Waals surface area (Å²) in [6.45, 7) is 0. The van der Waals surface area contributed by atoms with E-state index in [2.05, 4.69) is 4.72 Å². The third-order valence-corrected chi connectivity index (χ3v) is 5.47. The van der Waals surface area contributed by atoms with Gasteiger partial charge in [0.1, 0.15) is 0 Å². The Morgan fingerprint density at radius 1 is 1.21 bits per heavy atom. The minimum absolute atomic E-state index is 0.0808. The molecule has 5 heteroatoms. The highest BCUT2D eigenvalue weighted by molar-refractivity contribution is 7.89. The van der Waals surface area contributed by atoms with Gasteiger partial charge in [-0.3, -0.25) is 0 Å². The highest BCUT2D eigenvalue weighted by Crippen LogP contribution is 2.33. The number of rotatable bonds is 6. The molecule has 0 bridgehead atoms. The molecule has 3 N–H and O–H groups in total. The van der Waals surface area contributed by atoms with Crippen molar-refractivity contribution in [2.75, 3.05) is 0 Å². The Morgan fingerprint density at radius 3 is 2.53 bits per heavy atom. The first-order chi connectivity index (χ1) is 9.06. The van der Waals surface area contributed by atoms with Gasteiger partial charge in [-0.15, -0.1) is 0 Å². The summed E-state index contributed by atoms with van der Waals surface area (Å²) >= 11 is 0. The van der Waals surface area contributed by atoms with Crippen molar-refractivity contribution in [2.24, 2.45) is 11.7 Å². The van der Waals surface area contributed by atoms with Crippen molar-refractivity contribution in [3.05, 3.63) is 29.8 Å². The molecule has 0 amide bonds. The van der Waals surface area contributed by atoms with E-state index in [-0.39, 0.29) is 12.1 Å². The predicted octanol–water partition coefficient (Wildman–Crippen LogP) is 1.41. The number of nitrogens with one attached hydrogen (secondary N) is 1. The smallest absolute Gasteiger partial charge is 0.241 e. The van der Waals surface area contributed by atoms with Crippen molar-refractivity contribution < 1.29 is 8.42 Å². The Labute approximate surface area is 114 Å². The molecule has 0 aromatic heterocycles. The first-order valence-corrected chi connectivity index (χ1v) is 8.40. The fraction of sp³-hybridized carbons (Fsp3) is 0.571. The first kappa shape index (κ1) is 13.1. The zero-order chi connectivity index (χ0) is 13.5. The van der Waals surface area contributed by atoms with E-state index < -0.39 is 10.0 Å². The standard InChI is InChI=1S/C14H20N2O2S/c15-13(10-5-6-10)9-11-3-1-2-4-14(11)19(17,18)16-12-7-8-12/h1-4,10,12-13,16H,5-9,15H2.